The molecule has 4 N–H and O–H groups in total. The van der Waals surface area contributed by atoms with Crippen molar-refractivity contribution in [3.8, 4) is 0 Å². The summed E-state index contributed by atoms with van der Waals surface area (Å²) in [7, 11) is 0. The van der Waals surface area contributed by atoms with Crippen molar-refractivity contribution >= 4 is 28.1 Å². The van der Waals surface area contributed by atoms with Crippen molar-refractivity contribution in [3.63, 3.8) is 0 Å². The van der Waals surface area contributed by atoms with Gasteiger partial charge < -0.3 is 16.4 Å². The normalized spacial score (nSPS) is 13.9. The molecule has 0 saturated heterocycles. The van der Waals surface area contributed by atoms with E-state index >= 15 is 0 Å². The summed E-state index contributed by atoms with van der Waals surface area (Å²) < 4.78 is 0. The molecule has 0 heterocycles. The molecule has 0 aliphatic carbocycles. The summed E-state index contributed by atoms with van der Waals surface area (Å²) in [5, 5.41) is 9.94. The summed E-state index contributed by atoms with van der Waals surface area (Å²) in [4.78, 5) is 0. The van der Waals surface area contributed by atoms with Crippen LogP contribution >= 0.6 is 12.2 Å². The van der Waals surface area contributed by atoms with Crippen LogP contribution in [0.25, 0.3) is 10.8 Å². The maximum Gasteiger partial charge on any atom is 0.167 e. The van der Waals surface area contributed by atoms with E-state index in [1.54, 1.807) is 0 Å². The average Bonchev–Trinajstić information content (AvgIpc) is 2.83. The Morgan fingerprint density at radius 1 is 0.677 bits per heavy atom. The zero-order chi connectivity index (χ0) is 21.6. The number of hydrogen-bond donors (Lipinski definition) is 3. The third kappa shape index (κ3) is 5.10. The third-order valence-corrected chi connectivity index (χ3v) is 5.85. The van der Waals surface area contributed by atoms with Gasteiger partial charge >= 0.3 is 0 Å². The van der Waals surface area contributed by atoms with Crippen molar-refractivity contribution < 1.29 is 0 Å². The Morgan fingerprint density at radius 2 is 1.26 bits per heavy atom. The predicted molar refractivity (Wildman–Crippen MR) is 134 cm³/mol. The van der Waals surface area contributed by atoms with Gasteiger partial charge in [0.25, 0.3) is 0 Å². The number of nitrogens with two attached hydrogens (primary N) is 1. The lowest BCUT2D eigenvalue weighted by atomic mass is 9.94. The summed E-state index contributed by atoms with van der Waals surface area (Å²) in [6.45, 7) is 2.12. The van der Waals surface area contributed by atoms with Gasteiger partial charge in [0.1, 0.15) is 0 Å². The van der Waals surface area contributed by atoms with E-state index in [0.717, 1.165) is 11.1 Å². The van der Waals surface area contributed by atoms with E-state index in [4.69, 9.17) is 18.0 Å². The van der Waals surface area contributed by atoms with E-state index < -0.39 is 0 Å². The number of nitrogens with one attached hydrogen (secondary N) is 2. The lowest BCUT2D eigenvalue weighted by molar-refractivity contribution is 0.516. The molecule has 0 aliphatic rings. The molecular weight excluding hydrogens is 398 g/mol. The number of thiocarbonyl (C=S) groups is 1. The zero-order valence-corrected chi connectivity index (χ0v) is 18.3. The smallest absolute Gasteiger partial charge is 0.167 e. The highest BCUT2D eigenvalue weighted by molar-refractivity contribution is 7.80. The zero-order valence-electron chi connectivity index (χ0n) is 17.5. The Bertz CT molecular complexity index is 1140. The molecule has 31 heavy (non-hydrogen) atoms. The van der Waals surface area contributed by atoms with Crippen LogP contribution in [0.3, 0.4) is 0 Å². The summed E-state index contributed by atoms with van der Waals surface area (Å²) >= 11 is 5.69. The highest BCUT2D eigenvalue weighted by Crippen LogP contribution is 2.27. The lowest BCUT2D eigenvalue weighted by Crippen LogP contribution is -2.42. The Labute approximate surface area is 189 Å². The molecule has 4 heteroatoms. The van der Waals surface area contributed by atoms with E-state index in [2.05, 4.69) is 84.3 Å². The summed E-state index contributed by atoms with van der Waals surface area (Å²) in [6, 6.07) is 34.9. The van der Waals surface area contributed by atoms with Crippen LogP contribution < -0.4 is 16.4 Å². The van der Waals surface area contributed by atoms with Crippen molar-refractivity contribution in [2.45, 2.75) is 25.0 Å². The van der Waals surface area contributed by atoms with Gasteiger partial charge in [0, 0.05) is 0 Å². The van der Waals surface area contributed by atoms with Crippen LogP contribution in [-0.2, 0) is 0 Å². The van der Waals surface area contributed by atoms with Gasteiger partial charge in [-0.1, -0.05) is 97.1 Å². The molecule has 0 amide bonds. The molecule has 0 bridgehead atoms. The molecule has 0 radical (unpaired) electrons. The van der Waals surface area contributed by atoms with Gasteiger partial charge in [-0.2, -0.15) is 0 Å². The second-order valence-electron chi connectivity index (χ2n) is 7.77. The highest BCUT2D eigenvalue weighted by Gasteiger charge is 2.22. The van der Waals surface area contributed by atoms with Crippen molar-refractivity contribution in [1.82, 2.24) is 10.6 Å². The molecule has 0 spiro atoms. The molecule has 4 aromatic rings. The molecule has 4 aromatic carbocycles. The molecule has 3 nitrogen and oxygen atoms in total. The van der Waals surface area contributed by atoms with Gasteiger partial charge in [-0.25, -0.2) is 0 Å². The van der Waals surface area contributed by atoms with Crippen LogP contribution in [0.1, 0.15) is 41.7 Å². The maximum atomic E-state index is 6.67. The topological polar surface area (TPSA) is 50.1 Å². The van der Waals surface area contributed by atoms with Gasteiger partial charge in [0.15, 0.2) is 5.11 Å². The second-order valence-corrected chi connectivity index (χ2v) is 8.18. The minimum Gasteiger partial charge on any atom is -0.356 e. The highest BCUT2D eigenvalue weighted by atomic mass is 32.1. The van der Waals surface area contributed by atoms with Gasteiger partial charge in [-0.3, -0.25) is 0 Å². The van der Waals surface area contributed by atoms with Crippen molar-refractivity contribution in [3.05, 3.63) is 120 Å². The fourth-order valence-corrected chi connectivity index (χ4v) is 4.15. The molecular formula is C27H27N3S. The maximum absolute atomic E-state index is 6.67. The van der Waals surface area contributed by atoms with Crippen molar-refractivity contribution in [2.24, 2.45) is 5.73 Å². The first-order valence-electron chi connectivity index (χ1n) is 10.5. The molecule has 3 atom stereocenters. The van der Waals surface area contributed by atoms with E-state index in [9.17, 15) is 0 Å². The van der Waals surface area contributed by atoms with Gasteiger partial charge in [-0.05, 0) is 52.7 Å². The molecule has 4 rings (SSSR count). The number of rotatable bonds is 6. The molecule has 0 aromatic heterocycles. The number of hydrogen-bond acceptors (Lipinski definition) is 2. The average molecular weight is 426 g/mol. The summed E-state index contributed by atoms with van der Waals surface area (Å²) in [5.74, 6) is 0. The van der Waals surface area contributed by atoms with Crippen LogP contribution in [-0.4, -0.2) is 5.11 Å². The van der Waals surface area contributed by atoms with Crippen LogP contribution in [0, 0.1) is 0 Å². The quantitative estimate of drug-likeness (QED) is 0.341. The standard InChI is InChI=1S/C27H27N3S/c1-19(23-17-16-20-10-8-9-15-24(20)18-23)29-27(31)30-26(22-13-6-3-7-14-22)25(28)21-11-4-2-5-12-21/h2-19,25-26H,28H2,1H3,(H2,29,30,31)/t19-,25+,26+/m0/s1. The minimum absolute atomic E-state index is 0.0639. The van der Waals surface area contributed by atoms with Crippen molar-refractivity contribution in [1.29, 1.82) is 0 Å². The van der Waals surface area contributed by atoms with Crippen molar-refractivity contribution in [2.75, 3.05) is 0 Å². The van der Waals surface area contributed by atoms with E-state index in [1.807, 2.05) is 36.4 Å². The summed E-state index contributed by atoms with van der Waals surface area (Å²) in [5.41, 5.74) is 10.0. The van der Waals surface area contributed by atoms with Crippen LogP contribution in [0.15, 0.2) is 103 Å². The molecule has 0 unspecified atom stereocenters. The molecule has 0 aliphatic heterocycles. The van der Waals surface area contributed by atoms with Gasteiger partial charge in [0.2, 0.25) is 0 Å². The Morgan fingerprint density at radius 3 is 1.94 bits per heavy atom. The van der Waals surface area contributed by atoms with Crippen LogP contribution in [0.4, 0.5) is 0 Å². The van der Waals surface area contributed by atoms with Crippen LogP contribution in [0.5, 0.6) is 0 Å². The largest absolute Gasteiger partial charge is 0.356 e. The van der Waals surface area contributed by atoms with E-state index in [1.165, 1.54) is 16.3 Å². The SMILES string of the molecule is C[C@H](NC(=S)N[C@H](c1ccccc1)[C@H](N)c1ccccc1)c1ccc2ccccc2c1. The van der Waals surface area contributed by atoms with Gasteiger partial charge in [0.05, 0.1) is 18.1 Å². The number of benzene rings is 4. The first kappa shape index (κ1) is 21.0. The van der Waals surface area contributed by atoms with Crippen LogP contribution in [0.2, 0.25) is 0 Å². The molecule has 0 saturated carbocycles. The minimum atomic E-state index is -0.237. The Balaban J connectivity index is 1.51. The fraction of sp³-hybridized carbons (Fsp3) is 0.148. The molecule has 0 fully saturated rings. The first-order chi connectivity index (χ1) is 15.1. The fourth-order valence-electron chi connectivity index (χ4n) is 3.85. The van der Waals surface area contributed by atoms with Gasteiger partial charge in [-0.15, -0.1) is 0 Å². The number of fused-ring (bicyclic) bond motifs is 1. The Hall–Kier alpha value is -3.21. The Kier molecular flexibility index (Phi) is 6.60. The van der Waals surface area contributed by atoms with E-state index in [0.29, 0.717) is 5.11 Å². The predicted octanol–water partition coefficient (Wildman–Crippen LogP) is 5.81. The summed E-state index contributed by atoms with van der Waals surface area (Å²) in [6.07, 6.45) is 0. The lowest BCUT2D eigenvalue weighted by Gasteiger charge is -2.28. The second kappa shape index (κ2) is 9.73. The molecule has 156 valence electrons. The van der Waals surface area contributed by atoms with E-state index in [-0.39, 0.29) is 18.1 Å². The first-order valence-corrected chi connectivity index (χ1v) is 10.9. The monoisotopic (exact) mass is 425 g/mol. The third-order valence-electron chi connectivity index (χ3n) is 5.61.